The van der Waals surface area contributed by atoms with Crippen molar-refractivity contribution in [2.75, 3.05) is 6.54 Å². The van der Waals surface area contributed by atoms with Gasteiger partial charge in [0, 0.05) is 18.1 Å². The number of aromatic nitrogens is 1. The van der Waals surface area contributed by atoms with Crippen LogP contribution in [0.4, 0.5) is 0 Å². The molecule has 0 spiro atoms. The third-order valence-corrected chi connectivity index (χ3v) is 3.79. The van der Waals surface area contributed by atoms with E-state index in [-0.39, 0.29) is 0 Å². The maximum Gasteiger partial charge on any atom is 0.109 e. The molecule has 18 heavy (non-hydrogen) atoms. The van der Waals surface area contributed by atoms with E-state index in [1.165, 1.54) is 5.56 Å². The summed E-state index contributed by atoms with van der Waals surface area (Å²) in [5.74, 6) is 0. The van der Waals surface area contributed by atoms with Crippen LogP contribution in [0.5, 0.6) is 0 Å². The molecule has 0 bridgehead atoms. The maximum absolute atomic E-state index is 4.36. The van der Waals surface area contributed by atoms with Crippen LogP contribution in [-0.2, 0) is 0 Å². The SMILES string of the molecule is C=C(CNC(CC)c1nccs1)c1ccccc1. The van der Waals surface area contributed by atoms with Crippen LogP contribution in [0.2, 0.25) is 0 Å². The maximum atomic E-state index is 4.36. The van der Waals surface area contributed by atoms with E-state index in [0.717, 1.165) is 23.5 Å². The molecular formula is C15H18N2S. The van der Waals surface area contributed by atoms with Crippen LogP contribution in [0.3, 0.4) is 0 Å². The van der Waals surface area contributed by atoms with Gasteiger partial charge in [-0.15, -0.1) is 11.3 Å². The average Bonchev–Trinajstić information content (AvgIpc) is 2.94. The summed E-state index contributed by atoms with van der Waals surface area (Å²) in [7, 11) is 0. The second-order valence-corrected chi connectivity index (χ2v) is 5.11. The molecular weight excluding hydrogens is 240 g/mol. The zero-order chi connectivity index (χ0) is 12.8. The molecule has 1 unspecified atom stereocenters. The quantitative estimate of drug-likeness (QED) is 0.850. The fraction of sp³-hybridized carbons (Fsp3) is 0.267. The fourth-order valence-corrected chi connectivity index (χ4v) is 2.63. The van der Waals surface area contributed by atoms with Gasteiger partial charge >= 0.3 is 0 Å². The molecule has 1 heterocycles. The number of benzene rings is 1. The highest BCUT2D eigenvalue weighted by Gasteiger charge is 2.11. The molecule has 1 N–H and O–H groups in total. The predicted molar refractivity (Wildman–Crippen MR) is 78.6 cm³/mol. The molecule has 2 rings (SSSR count). The van der Waals surface area contributed by atoms with Gasteiger partial charge in [-0.25, -0.2) is 4.98 Å². The van der Waals surface area contributed by atoms with Crippen molar-refractivity contribution in [3.63, 3.8) is 0 Å². The molecule has 0 fully saturated rings. The Balaban J connectivity index is 1.93. The number of hydrogen-bond donors (Lipinski definition) is 1. The minimum absolute atomic E-state index is 0.325. The Morgan fingerprint density at radius 2 is 2.17 bits per heavy atom. The summed E-state index contributed by atoms with van der Waals surface area (Å²) in [5.41, 5.74) is 2.31. The molecule has 0 aliphatic heterocycles. The lowest BCUT2D eigenvalue weighted by atomic mass is 10.1. The minimum atomic E-state index is 0.325. The first-order valence-corrected chi connectivity index (χ1v) is 7.05. The van der Waals surface area contributed by atoms with Gasteiger partial charge < -0.3 is 5.32 Å². The summed E-state index contributed by atoms with van der Waals surface area (Å²) in [5, 5.41) is 6.69. The second kappa shape index (κ2) is 6.47. The molecule has 1 aromatic heterocycles. The van der Waals surface area contributed by atoms with Crippen LogP contribution in [0.25, 0.3) is 5.57 Å². The van der Waals surface area contributed by atoms with Gasteiger partial charge in [-0.3, -0.25) is 0 Å². The topological polar surface area (TPSA) is 24.9 Å². The van der Waals surface area contributed by atoms with Gasteiger partial charge in [0.05, 0.1) is 6.04 Å². The Labute approximate surface area is 112 Å². The van der Waals surface area contributed by atoms with Crippen molar-refractivity contribution >= 4 is 16.9 Å². The number of nitrogens with zero attached hydrogens (tertiary/aromatic N) is 1. The number of rotatable bonds is 6. The van der Waals surface area contributed by atoms with Gasteiger partial charge in [0.15, 0.2) is 0 Å². The molecule has 2 aromatic rings. The van der Waals surface area contributed by atoms with E-state index in [2.05, 4.69) is 35.9 Å². The van der Waals surface area contributed by atoms with Crippen molar-refractivity contribution in [1.29, 1.82) is 0 Å². The zero-order valence-corrected chi connectivity index (χ0v) is 11.4. The Bertz CT molecular complexity index is 476. The summed E-state index contributed by atoms with van der Waals surface area (Å²) in [6, 6.07) is 10.6. The lowest BCUT2D eigenvalue weighted by Crippen LogP contribution is -2.22. The van der Waals surface area contributed by atoms with Crippen molar-refractivity contribution in [1.82, 2.24) is 10.3 Å². The van der Waals surface area contributed by atoms with Gasteiger partial charge in [0.1, 0.15) is 5.01 Å². The van der Waals surface area contributed by atoms with E-state index in [1.54, 1.807) is 11.3 Å². The third kappa shape index (κ3) is 3.28. The van der Waals surface area contributed by atoms with Crippen LogP contribution in [0.1, 0.15) is 30.0 Å². The Morgan fingerprint density at radius 3 is 2.78 bits per heavy atom. The van der Waals surface area contributed by atoms with Crippen LogP contribution in [0, 0.1) is 0 Å². The predicted octanol–water partition coefficient (Wildman–Crippen LogP) is 3.90. The monoisotopic (exact) mass is 258 g/mol. The first-order chi connectivity index (χ1) is 8.81. The van der Waals surface area contributed by atoms with Crippen molar-refractivity contribution in [3.05, 3.63) is 59.1 Å². The summed E-state index contributed by atoms with van der Waals surface area (Å²) < 4.78 is 0. The molecule has 0 saturated heterocycles. The van der Waals surface area contributed by atoms with Gasteiger partial charge in [-0.1, -0.05) is 43.8 Å². The highest BCUT2D eigenvalue weighted by Crippen LogP contribution is 2.20. The Morgan fingerprint density at radius 1 is 1.39 bits per heavy atom. The summed E-state index contributed by atoms with van der Waals surface area (Å²) in [6.07, 6.45) is 2.89. The summed E-state index contributed by atoms with van der Waals surface area (Å²) in [6.45, 7) is 7.10. The largest absolute Gasteiger partial charge is 0.304 e. The molecule has 0 radical (unpaired) electrons. The van der Waals surface area contributed by atoms with Crippen LogP contribution in [-0.4, -0.2) is 11.5 Å². The highest BCUT2D eigenvalue weighted by molar-refractivity contribution is 7.09. The zero-order valence-electron chi connectivity index (χ0n) is 10.6. The van der Waals surface area contributed by atoms with Crippen LogP contribution in [0.15, 0.2) is 48.5 Å². The van der Waals surface area contributed by atoms with Crippen molar-refractivity contribution in [3.8, 4) is 0 Å². The third-order valence-electron chi connectivity index (χ3n) is 2.90. The van der Waals surface area contributed by atoms with Gasteiger partial charge in [0.25, 0.3) is 0 Å². The molecule has 2 nitrogen and oxygen atoms in total. The van der Waals surface area contributed by atoms with Crippen LogP contribution >= 0.6 is 11.3 Å². The molecule has 0 saturated carbocycles. The summed E-state index contributed by atoms with van der Waals surface area (Å²) >= 11 is 1.70. The van der Waals surface area contributed by atoms with E-state index in [1.807, 2.05) is 29.8 Å². The Kier molecular flexibility index (Phi) is 4.67. The van der Waals surface area contributed by atoms with Crippen molar-refractivity contribution in [2.24, 2.45) is 0 Å². The molecule has 0 amide bonds. The number of thiazole rings is 1. The smallest absolute Gasteiger partial charge is 0.109 e. The molecule has 0 aliphatic carbocycles. The number of hydrogen-bond acceptors (Lipinski definition) is 3. The van der Waals surface area contributed by atoms with E-state index >= 15 is 0 Å². The minimum Gasteiger partial charge on any atom is -0.304 e. The standard InChI is InChI=1S/C15H18N2S/c1-3-14(15-16-9-10-18-15)17-11-12(2)13-7-5-4-6-8-13/h4-10,14,17H,2-3,11H2,1H3. The average molecular weight is 258 g/mol. The normalized spacial score (nSPS) is 12.3. The molecule has 94 valence electrons. The fourth-order valence-electron chi connectivity index (χ4n) is 1.84. The molecule has 3 heteroatoms. The van der Waals surface area contributed by atoms with E-state index < -0.39 is 0 Å². The van der Waals surface area contributed by atoms with E-state index in [9.17, 15) is 0 Å². The van der Waals surface area contributed by atoms with Gasteiger partial charge in [-0.05, 0) is 17.6 Å². The second-order valence-electron chi connectivity index (χ2n) is 4.18. The highest BCUT2D eigenvalue weighted by atomic mass is 32.1. The lowest BCUT2D eigenvalue weighted by molar-refractivity contribution is 0.552. The first-order valence-electron chi connectivity index (χ1n) is 6.17. The Hall–Kier alpha value is -1.45. The number of nitrogens with one attached hydrogen (secondary N) is 1. The lowest BCUT2D eigenvalue weighted by Gasteiger charge is -2.15. The van der Waals surface area contributed by atoms with E-state index in [4.69, 9.17) is 0 Å². The molecule has 1 atom stereocenters. The first kappa shape index (κ1) is 13.0. The summed E-state index contributed by atoms with van der Waals surface area (Å²) in [4.78, 5) is 4.36. The van der Waals surface area contributed by atoms with Crippen LogP contribution < -0.4 is 5.32 Å². The van der Waals surface area contributed by atoms with Crippen molar-refractivity contribution in [2.45, 2.75) is 19.4 Å². The molecule has 1 aromatic carbocycles. The van der Waals surface area contributed by atoms with Gasteiger partial charge in [-0.2, -0.15) is 0 Å². The van der Waals surface area contributed by atoms with Crippen molar-refractivity contribution < 1.29 is 0 Å². The van der Waals surface area contributed by atoms with E-state index in [0.29, 0.717) is 6.04 Å². The van der Waals surface area contributed by atoms with Gasteiger partial charge in [0.2, 0.25) is 0 Å². The molecule has 0 aliphatic rings.